The maximum absolute atomic E-state index is 10.9. The number of hydrogen-bond donors (Lipinski definition) is 2. The first-order valence-corrected chi connectivity index (χ1v) is 7.54. The second-order valence-electron chi connectivity index (χ2n) is 4.22. The minimum Gasteiger partial charge on any atom is -0.508 e. The lowest BCUT2D eigenvalue weighted by Crippen LogP contribution is -1.89. The molecule has 0 unspecified atom stereocenters. The predicted molar refractivity (Wildman–Crippen MR) is 81.7 cm³/mol. The summed E-state index contributed by atoms with van der Waals surface area (Å²) in [5.41, 5.74) is 2.06. The first-order chi connectivity index (χ1) is 9.63. The number of thiophene rings is 2. The molecule has 0 radical (unpaired) electrons. The number of rotatable bonds is 3. The molecule has 0 aliphatic rings. The van der Waals surface area contributed by atoms with Gasteiger partial charge in [0.2, 0.25) is 0 Å². The Balaban J connectivity index is 1.93. The molecule has 0 fully saturated rings. The monoisotopic (exact) mass is 302 g/mol. The molecule has 0 bridgehead atoms. The van der Waals surface area contributed by atoms with Gasteiger partial charge < -0.3 is 10.2 Å². The summed E-state index contributed by atoms with van der Waals surface area (Å²) in [6, 6.07) is 12.5. The summed E-state index contributed by atoms with van der Waals surface area (Å²) in [6.45, 7) is 0. The van der Waals surface area contributed by atoms with Crippen molar-refractivity contribution < 1.29 is 15.0 Å². The van der Waals surface area contributed by atoms with Crippen LogP contribution in [0.25, 0.3) is 20.9 Å². The molecule has 5 heteroatoms. The normalized spacial score (nSPS) is 10.6. The van der Waals surface area contributed by atoms with Crippen molar-refractivity contribution in [3.05, 3.63) is 52.7 Å². The standard InChI is InChI=1S/C15H10O3S2/c16-11-3-1-9(2-4-11)14-7-10(8-19-14)12-5-6-13(20-12)15(17)18/h1-8,16H,(H,17,18). The molecule has 0 saturated carbocycles. The summed E-state index contributed by atoms with van der Waals surface area (Å²) in [7, 11) is 0. The van der Waals surface area contributed by atoms with Crippen LogP contribution in [-0.4, -0.2) is 16.2 Å². The summed E-state index contributed by atoms with van der Waals surface area (Å²) < 4.78 is 0. The van der Waals surface area contributed by atoms with Crippen LogP contribution in [-0.2, 0) is 0 Å². The second kappa shape index (κ2) is 5.11. The van der Waals surface area contributed by atoms with Gasteiger partial charge >= 0.3 is 5.97 Å². The lowest BCUT2D eigenvalue weighted by molar-refractivity contribution is 0.0702. The molecule has 1 aromatic carbocycles. The maximum atomic E-state index is 10.9. The van der Waals surface area contributed by atoms with E-state index < -0.39 is 5.97 Å². The SMILES string of the molecule is O=C(O)c1ccc(-c2csc(-c3ccc(O)cc3)c2)s1. The van der Waals surface area contributed by atoms with Crippen LogP contribution in [0.15, 0.2) is 47.8 Å². The van der Waals surface area contributed by atoms with E-state index in [0.717, 1.165) is 20.9 Å². The number of benzene rings is 1. The van der Waals surface area contributed by atoms with Crippen molar-refractivity contribution in [1.82, 2.24) is 0 Å². The van der Waals surface area contributed by atoms with Crippen molar-refractivity contribution in [2.45, 2.75) is 0 Å². The van der Waals surface area contributed by atoms with Crippen molar-refractivity contribution in [3.8, 4) is 26.6 Å². The first kappa shape index (κ1) is 12.9. The Bertz CT molecular complexity index is 754. The highest BCUT2D eigenvalue weighted by molar-refractivity contribution is 7.18. The van der Waals surface area contributed by atoms with Crippen molar-refractivity contribution >= 4 is 28.6 Å². The number of phenols is 1. The third kappa shape index (κ3) is 2.45. The van der Waals surface area contributed by atoms with Gasteiger partial charge in [-0.1, -0.05) is 0 Å². The minimum atomic E-state index is -0.893. The van der Waals surface area contributed by atoms with Crippen LogP contribution in [0.3, 0.4) is 0 Å². The smallest absolute Gasteiger partial charge is 0.345 e. The molecule has 0 amide bonds. The highest BCUT2D eigenvalue weighted by Crippen LogP contribution is 2.36. The van der Waals surface area contributed by atoms with E-state index in [2.05, 4.69) is 0 Å². The van der Waals surface area contributed by atoms with Crippen LogP contribution in [0.2, 0.25) is 0 Å². The number of carboxylic acid groups (broad SMARTS) is 1. The largest absolute Gasteiger partial charge is 0.508 e. The van der Waals surface area contributed by atoms with E-state index in [1.54, 1.807) is 29.5 Å². The quantitative estimate of drug-likeness (QED) is 0.746. The van der Waals surface area contributed by atoms with Gasteiger partial charge in [0.25, 0.3) is 0 Å². The molecule has 20 heavy (non-hydrogen) atoms. The summed E-state index contributed by atoms with van der Waals surface area (Å²) in [4.78, 5) is 13.3. The van der Waals surface area contributed by atoms with Crippen molar-refractivity contribution in [2.75, 3.05) is 0 Å². The molecule has 0 aliphatic heterocycles. The lowest BCUT2D eigenvalue weighted by Gasteiger charge is -1.96. The van der Waals surface area contributed by atoms with Crippen LogP contribution in [0.4, 0.5) is 0 Å². The second-order valence-corrected chi connectivity index (χ2v) is 6.21. The Morgan fingerprint density at radius 1 is 0.950 bits per heavy atom. The molecule has 3 rings (SSSR count). The van der Waals surface area contributed by atoms with E-state index in [4.69, 9.17) is 5.11 Å². The van der Waals surface area contributed by atoms with Crippen LogP contribution in [0.1, 0.15) is 9.67 Å². The Morgan fingerprint density at radius 2 is 1.70 bits per heavy atom. The third-order valence-electron chi connectivity index (χ3n) is 2.85. The topological polar surface area (TPSA) is 57.5 Å². The fraction of sp³-hybridized carbons (Fsp3) is 0. The van der Waals surface area contributed by atoms with Crippen molar-refractivity contribution in [3.63, 3.8) is 0 Å². The van der Waals surface area contributed by atoms with Gasteiger partial charge in [-0.25, -0.2) is 4.79 Å². The van der Waals surface area contributed by atoms with Crippen LogP contribution in [0, 0.1) is 0 Å². The number of hydrogen-bond acceptors (Lipinski definition) is 4. The molecular weight excluding hydrogens is 292 g/mol. The summed E-state index contributed by atoms with van der Waals surface area (Å²) in [5, 5.41) is 20.2. The molecular formula is C15H10O3S2. The van der Waals surface area contributed by atoms with E-state index in [1.807, 2.05) is 29.6 Å². The van der Waals surface area contributed by atoms with Gasteiger partial charge in [-0.3, -0.25) is 0 Å². The average molecular weight is 302 g/mol. The summed E-state index contributed by atoms with van der Waals surface area (Å²) >= 11 is 2.87. The van der Waals surface area contributed by atoms with Crippen LogP contribution in [0.5, 0.6) is 5.75 Å². The van der Waals surface area contributed by atoms with E-state index in [9.17, 15) is 9.90 Å². The Kier molecular flexibility index (Phi) is 3.30. The number of carboxylic acids is 1. The fourth-order valence-corrected chi connectivity index (χ4v) is 3.67. The molecule has 0 aliphatic carbocycles. The molecule has 2 aromatic heterocycles. The molecule has 2 N–H and O–H groups in total. The molecule has 3 aromatic rings. The Labute approximate surface area is 123 Å². The minimum absolute atomic E-state index is 0.245. The number of carbonyl (C=O) groups is 1. The van der Waals surface area contributed by atoms with Crippen LogP contribution >= 0.6 is 22.7 Å². The van der Waals surface area contributed by atoms with Gasteiger partial charge in [0.15, 0.2) is 0 Å². The zero-order valence-electron chi connectivity index (χ0n) is 10.2. The number of phenolic OH excluding ortho intramolecular Hbond substituents is 1. The third-order valence-corrected chi connectivity index (χ3v) is 4.95. The van der Waals surface area contributed by atoms with Gasteiger partial charge in [-0.2, -0.15) is 0 Å². The molecule has 2 heterocycles. The molecule has 0 atom stereocenters. The molecule has 0 saturated heterocycles. The Morgan fingerprint density at radius 3 is 2.35 bits per heavy atom. The van der Waals surface area contributed by atoms with E-state index in [0.29, 0.717) is 4.88 Å². The molecule has 3 nitrogen and oxygen atoms in total. The van der Waals surface area contributed by atoms with Crippen LogP contribution < -0.4 is 0 Å². The van der Waals surface area contributed by atoms with Gasteiger partial charge in [-0.05, 0) is 48.0 Å². The molecule has 100 valence electrons. The zero-order chi connectivity index (χ0) is 14.1. The van der Waals surface area contributed by atoms with Gasteiger partial charge in [0, 0.05) is 20.7 Å². The van der Waals surface area contributed by atoms with Gasteiger partial charge in [-0.15, -0.1) is 22.7 Å². The highest BCUT2D eigenvalue weighted by atomic mass is 32.1. The predicted octanol–water partition coefficient (Wildman–Crippen LogP) is 4.55. The van der Waals surface area contributed by atoms with E-state index in [-0.39, 0.29) is 5.75 Å². The lowest BCUT2D eigenvalue weighted by atomic mass is 10.1. The molecule has 0 spiro atoms. The van der Waals surface area contributed by atoms with Crippen molar-refractivity contribution in [2.24, 2.45) is 0 Å². The summed E-state index contributed by atoms with van der Waals surface area (Å²) in [6.07, 6.45) is 0. The Hall–Kier alpha value is -2.11. The zero-order valence-corrected chi connectivity index (χ0v) is 11.9. The summed E-state index contributed by atoms with van der Waals surface area (Å²) in [5.74, 6) is -0.648. The maximum Gasteiger partial charge on any atom is 0.345 e. The van der Waals surface area contributed by atoms with Gasteiger partial charge in [0.05, 0.1) is 0 Å². The highest BCUT2D eigenvalue weighted by Gasteiger charge is 2.10. The first-order valence-electron chi connectivity index (χ1n) is 5.85. The number of aromatic hydroxyl groups is 1. The average Bonchev–Trinajstić information content (AvgIpc) is 3.08. The van der Waals surface area contributed by atoms with E-state index >= 15 is 0 Å². The fourth-order valence-electron chi connectivity index (χ4n) is 1.85. The van der Waals surface area contributed by atoms with Crippen molar-refractivity contribution in [1.29, 1.82) is 0 Å². The van der Waals surface area contributed by atoms with E-state index in [1.165, 1.54) is 11.3 Å². The van der Waals surface area contributed by atoms with Gasteiger partial charge in [0.1, 0.15) is 10.6 Å². The number of aromatic carboxylic acids is 1.